The van der Waals surface area contributed by atoms with Crippen LogP contribution >= 0.6 is 11.3 Å². The van der Waals surface area contributed by atoms with Crippen molar-refractivity contribution >= 4 is 28.8 Å². The highest BCUT2D eigenvalue weighted by Gasteiger charge is 2.31. The van der Waals surface area contributed by atoms with Gasteiger partial charge in [-0.2, -0.15) is 0 Å². The van der Waals surface area contributed by atoms with E-state index in [1.165, 1.54) is 0 Å². The van der Waals surface area contributed by atoms with E-state index in [0.29, 0.717) is 30.2 Å². The molecule has 0 saturated heterocycles. The number of hydrogen-bond donors (Lipinski definition) is 1. The van der Waals surface area contributed by atoms with Gasteiger partial charge < -0.3 is 19.7 Å². The maximum Gasteiger partial charge on any atom is 0.257 e. The first-order valence-electron chi connectivity index (χ1n) is 11.8. The number of methoxy groups -OCH3 is 1. The van der Waals surface area contributed by atoms with Crippen LogP contribution in [0.1, 0.15) is 42.1 Å². The fourth-order valence-corrected chi connectivity index (χ4v) is 4.88. The predicted octanol–water partition coefficient (Wildman–Crippen LogP) is 3.50. The molecule has 34 heavy (non-hydrogen) atoms. The van der Waals surface area contributed by atoms with E-state index in [2.05, 4.69) is 29.0 Å². The molecule has 2 aliphatic rings. The van der Waals surface area contributed by atoms with Crippen molar-refractivity contribution in [2.45, 2.75) is 45.4 Å². The normalized spacial score (nSPS) is 24.5. The number of hydrogen-bond acceptors (Lipinski definition) is 7. The topological polar surface area (TPSA) is 84.0 Å². The minimum atomic E-state index is -0.128. The lowest BCUT2D eigenvalue weighted by Crippen LogP contribution is -2.46. The second kappa shape index (κ2) is 10.8. The lowest BCUT2D eigenvalue weighted by atomic mass is 10.0. The van der Waals surface area contributed by atoms with Crippen LogP contribution in [0.4, 0.5) is 5.69 Å². The van der Waals surface area contributed by atoms with Crippen molar-refractivity contribution in [2.75, 3.05) is 39.2 Å². The zero-order valence-corrected chi connectivity index (χ0v) is 21.1. The second-order valence-corrected chi connectivity index (χ2v) is 10.4. The fourth-order valence-electron chi connectivity index (χ4n) is 4.24. The molecule has 1 aliphatic carbocycles. The third-order valence-electron chi connectivity index (χ3n) is 6.61. The third-order valence-corrected chi connectivity index (χ3v) is 7.38. The molecule has 1 aromatic carbocycles. The maximum atomic E-state index is 13.3. The van der Waals surface area contributed by atoms with Gasteiger partial charge in [-0.25, -0.2) is 4.98 Å². The van der Waals surface area contributed by atoms with Crippen molar-refractivity contribution in [2.24, 2.45) is 11.8 Å². The molecule has 9 heteroatoms. The molecular weight excluding hydrogens is 452 g/mol. The van der Waals surface area contributed by atoms with Crippen LogP contribution in [0, 0.1) is 11.8 Å². The summed E-state index contributed by atoms with van der Waals surface area (Å²) in [5.74, 6) is 0.673. The summed E-state index contributed by atoms with van der Waals surface area (Å²) in [5.41, 5.74) is 1.13. The molecule has 8 nitrogen and oxygen atoms in total. The molecule has 1 saturated carbocycles. The molecule has 2 aromatic rings. The number of amides is 2. The van der Waals surface area contributed by atoms with Crippen LogP contribution < -0.4 is 10.1 Å². The number of nitrogens with one attached hydrogen (secondary N) is 1. The molecule has 2 amide bonds. The van der Waals surface area contributed by atoms with Gasteiger partial charge in [-0.15, -0.1) is 11.3 Å². The van der Waals surface area contributed by atoms with Crippen LogP contribution in [0.15, 0.2) is 29.8 Å². The Hall–Kier alpha value is -2.49. The highest BCUT2D eigenvalue weighted by molar-refractivity contribution is 7.09. The Morgan fingerprint density at radius 3 is 2.76 bits per heavy atom. The Morgan fingerprint density at radius 2 is 2.09 bits per heavy atom. The molecule has 1 aliphatic heterocycles. The zero-order valence-electron chi connectivity index (χ0n) is 20.3. The van der Waals surface area contributed by atoms with Gasteiger partial charge in [-0.1, -0.05) is 6.92 Å². The van der Waals surface area contributed by atoms with Crippen molar-refractivity contribution in [1.29, 1.82) is 0 Å². The Balaban J connectivity index is 1.62. The Kier molecular flexibility index (Phi) is 7.85. The van der Waals surface area contributed by atoms with E-state index in [-0.39, 0.29) is 35.8 Å². The first-order valence-corrected chi connectivity index (χ1v) is 12.7. The van der Waals surface area contributed by atoms with Gasteiger partial charge in [0.1, 0.15) is 17.4 Å². The number of carbonyl (C=O) groups is 2. The number of carbonyl (C=O) groups excluding carboxylic acids is 2. The number of thiazole rings is 1. The first kappa shape index (κ1) is 24.6. The molecular formula is C25H34N4O4S. The van der Waals surface area contributed by atoms with Gasteiger partial charge in [-0.3, -0.25) is 14.5 Å². The molecule has 0 spiro atoms. The van der Waals surface area contributed by atoms with E-state index in [9.17, 15) is 9.59 Å². The average molecular weight is 487 g/mol. The lowest BCUT2D eigenvalue weighted by Gasteiger charge is -2.35. The largest absolute Gasteiger partial charge is 0.491 e. The summed E-state index contributed by atoms with van der Waals surface area (Å²) in [4.78, 5) is 34.1. The van der Waals surface area contributed by atoms with Crippen molar-refractivity contribution in [1.82, 2.24) is 14.8 Å². The summed E-state index contributed by atoms with van der Waals surface area (Å²) in [7, 11) is 3.49. The molecule has 0 bridgehead atoms. The number of ether oxygens (including phenoxy) is 2. The van der Waals surface area contributed by atoms with Crippen LogP contribution in [0.2, 0.25) is 0 Å². The number of likely N-dealkylation sites (N-methyl/N-ethyl adjacent to an activating group) is 1. The Labute approximate surface area is 205 Å². The van der Waals surface area contributed by atoms with Crippen molar-refractivity contribution < 1.29 is 19.1 Å². The van der Waals surface area contributed by atoms with Crippen LogP contribution in [-0.2, 0) is 16.1 Å². The van der Waals surface area contributed by atoms with Crippen molar-refractivity contribution in [3.63, 3.8) is 0 Å². The monoisotopic (exact) mass is 486 g/mol. The number of benzene rings is 1. The van der Waals surface area contributed by atoms with Crippen LogP contribution in [0.3, 0.4) is 0 Å². The zero-order chi connectivity index (χ0) is 24.2. The van der Waals surface area contributed by atoms with Crippen molar-refractivity contribution in [3.05, 3.63) is 40.3 Å². The van der Waals surface area contributed by atoms with Crippen molar-refractivity contribution in [3.8, 4) is 5.75 Å². The molecule has 1 N–H and O–H groups in total. The molecule has 2 heterocycles. The quantitative estimate of drug-likeness (QED) is 0.697. The molecule has 184 valence electrons. The smallest absolute Gasteiger partial charge is 0.257 e. The van der Waals surface area contributed by atoms with E-state index in [1.54, 1.807) is 48.6 Å². The Morgan fingerprint density at radius 1 is 1.29 bits per heavy atom. The molecule has 3 atom stereocenters. The molecule has 0 unspecified atom stereocenters. The molecule has 0 radical (unpaired) electrons. The summed E-state index contributed by atoms with van der Waals surface area (Å²) in [5, 5.41) is 6.00. The van der Waals surface area contributed by atoms with E-state index < -0.39 is 0 Å². The van der Waals surface area contributed by atoms with E-state index >= 15 is 0 Å². The standard InChI is InChI=1S/C25H34N4O4S/c1-16-12-29(14-23-26-9-10-34-23)17(2)15-33-21-11-19(27-24(30)18-5-6-18)7-8-20(21)25(31)28(3)13-22(16)32-4/h7-11,16-18,22H,5-6,12-15H2,1-4H3,(H,27,30)/t16-,17-,22-/m1/s1. The van der Waals surface area contributed by atoms with Gasteiger partial charge in [0.2, 0.25) is 5.91 Å². The van der Waals surface area contributed by atoms with E-state index in [1.807, 2.05) is 11.6 Å². The summed E-state index contributed by atoms with van der Waals surface area (Å²) < 4.78 is 12.1. The average Bonchev–Trinajstić information content (AvgIpc) is 3.56. The summed E-state index contributed by atoms with van der Waals surface area (Å²) in [6, 6.07) is 5.36. The van der Waals surface area contributed by atoms with E-state index in [4.69, 9.17) is 9.47 Å². The van der Waals surface area contributed by atoms with Gasteiger partial charge in [0.05, 0.1) is 18.2 Å². The maximum absolute atomic E-state index is 13.3. The SMILES string of the molecule is CO[C@@H]1CN(C)C(=O)c2ccc(NC(=O)C3CC3)cc2OC[C@@H](C)N(Cc2nccs2)C[C@H]1C. The third kappa shape index (κ3) is 5.95. The van der Waals surface area contributed by atoms with Crippen LogP contribution in [0.25, 0.3) is 0 Å². The second-order valence-electron chi connectivity index (χ2n) is 9.43. The summed E-state index contributed by atoms with van der Waals surface area (Å²) in [6.45, 7) is 6.66. The molecule has 1 aromatic heterocycles. The number of aromatic nitrogens is 1. The van der Waals surface area contributed by atoms with Crippen LogP contribution in [0.5, 0.6) is 5.75 Å². The van der Waals surface area contributed by atoms with Crippen LogP contribution in [-0.4, -0.2) is 72.6 Å². The highest BCUT2D eigenvalue weighted by atomic mass is 32.1. The predicted molar refractivity (Wildman–Crippen MR) is 132 cm³/mol. The minimum Gasteiger partial charge on any atom is -0.491 e. The molecule has 4 rings (SSSR count). The van der Waals surface area contributed by atoms with Gasteiger partial charge in [0.25, 0.3) is 5.91 Å². The lowest BCUT2D eigenvalue weighted by molar-refractivity contribution is -0.117. The number of anilines is 1. The van der Waals surface area contributed by atoms with Gasteiger partial charge in [0, 0.05) is 62.5 Å². The first-order chi connectivity index (χ1) is 16.4. The summed E-state index contributed by atoms with van der Waals surface area (Å²) >= 11 is 1.64. The Bertz CT molecular complexity index is 995. The highest BCUT2D eigenvalue weighted by Crippen LogP contribution is 2.32. The number of rotatable bonds is 5. The fraction of sp³-hybridized carbons (Fsp3) is 0.560. The number of nitrogens with zero attached hydrogens (tertiary/aromatic N) is 3. The number of fused-ring (bicyclic) bond motifs is 1. The molecule has 1 fully saturated rings. The van der Waals surface area contributed by atoms with Gasteiger partial charge in [-0.05, 0) is 37.8 Å². The van der Waals surface area contributed by atoms with Gasteiger partial charge in [0.15, 0.2) is 0 Å². The van der Waals surface area contributed by atoms with E-state index in [0.717, 1.165) is 30.9 Å². The van der Waals surface area contributed by atoms with Gasteiger partial charge >= 0.3 is 0 Å². The minimum absolute atomic E-state index is 0.0245. The summed E-state index contributed by atoms with van der Waals surface area (Å²) in [6.07, 6.45) is 3.58.